The lowest BCUT2D eigenvalue weighted by molar-refractivity contribution is -0.338. The molecule has 2 fully saturated rings. The number of rotatable bonds is 8. The molecule has 0 unspecified atom stereocenters. The highest BCUT2D eigenvalue weighted by Crippen LogP contribution is 2.36. The number of anilines is 1. The molecule has 1 aromatic carbocycles. The molecule has 0 spiro atoms. The number of amides is 1. The van der Waals surface area contributed by atoms with E-state index in [9.17, 15) is 40.5 Å². The third-order valence-corrected chi connectivity index (χ3v) is 6.69. The van der Waals surface area contributed by atoms with Crippen molar-refractivity contribution >= 4 is 23.4 Å². The Morgan fingerprint density at radius 1 is 0.941 bits per heavy atom. The molecule has 8 N–H and O–H groups in total. The number of carbonyl (C=O) groups excluding carboxylic acids is 1. The minimum Gasteiger partial charge on any atom is -0.394 e. The zero-order valence-electron chi connectivity index (χ0n) is 18.0. The molecule has 0 radical (unpaired) electrons. The van der Waals surface area contributed by atoms with Crippen molar-refractivity contribution in [2.75, 3.05) is 18.5 Å². The largest absolute Gasteiger partial charge is 0.394 e. The van der Waals surface area contributed by atoms with Gasteiger partial charge in [0.2, 0.25) is 5.91 Å². The van der Waals surface area contributed by atoms with E-state index in [1.807, 2.05) is 0 Å². The topological polar surface area (TPSA) is 198 Å². The molecule has 2 aliphatic heterocycles. The molecule has 3 rings (SSSR count). The number of carbonyl (C=O) groups is 1. The highest BCUT2D eigenvalue weighted by atomic mass is 32.2. The van der Waals surface area contributed by atoms with Gasteiger partial charge in [-0.1, -0.05) is 18.3 Å². The second-order valence-corrected chi connectivity index (χ2v) is 9.01. The summed E-state index contributed by atoms with van der Waals surface area (Å²) in [5, 5.41) is 73.0. The van der Waals surface area contributed by atoms with Crippen LogP contribution in [0.4, 0.5) is 5.69 Å². The summed E-state index contributed by atoms with van der Waals surface area (Å²) in [5.41, 5.74) is -0.476. The first-order chi connectivity index (χ1) is 16.2. The lowest BCUT2D eigenvalue weighted by atomic mass is 9.97. The number of benzene rings is 1. The van der Waals surface area contributed by atoms with Gasteiger partial charge in [-0.2, -0.15) is 0 Å². The first-order valence-corrected chi connectivity index (χ1v) is 11.4. The monoisotopic (exact) mass is 503 g/mol. The number of thioether (sulfide) groups is 1. The fraction of sp³-hybridized carbons (Fsp3) is 0.571. The molecule has 2 heterocycles. The first-order valence-electron chi connectivity index (χ1n) is 10.5. The van der Waals surface area contributed by atoms with E-state index >= 15 is 0 Å². The standard InChI is InChI=1S/C21H29NO11S/c1-2-13(25)22-9-3-5-10(6-4-9)34-21-18(30)16(28)19(12(8-24)32-21)33-20-17(29)15(27)14(26)11(7-23)31-20/h2-6,11-12,14-21,23-24,26-30H,1,7-8H2,(H,22,25)/t11-,12-,14-,15+,16-,17-,18-,19-,20+,21+/m1/s1. The van der Waals surface area contributed by atoms with Crippen LogP contribution in [0.1, 0.15) is 0 Å². The number of nitrogens with one attached hydrogen (secondary N) is 1. The van der Waals surface area contributed by atoms with Gasteiger partial charge in [-0.15, -0.1) is 0 Å². The highest BCUT2D eigenvalue weighted by molar-refractivity contribution is 7.99. The van der Waals surface area contributed by atoms with E-state index in [-0.39, 0.29) is 5.91 Å². The summed E-state index contributed by atoms with van der Waals surface area (Å²) < 4.78 is 16.5. The van der Waals surface area contributed by atoms with E-state index in [1.54, 1.807) is 24.3 Å². The lowest BCUT2D eigenvalue weighted by Crippen LogP contribution is -2.64. The van der Waals surface area contributed by atoms with E-state index in [0.29, 0.717) is 10.6 Å². The van der Waals surface area contributed by atoms with Crippen LogP contribution in [0, 0.1) is 0 Å². The molecule has 0 saturated carbocycles. The van der Waals surface area contributed by atoms with Crippen LogP contribution in [-0.4, -0.2) is 115 Å². The molecule has 10 atom stereocenters. The molecular weight excluding hydrogens is 474 g/mol. The number of ether oxygens (including phenoxy) is 3. The van der Waals surface area contributed by atoms with Crippen LogP contribution in [0.5, 0.6) is 0 Å². The number of hydrogen-bond acceptors (Lipinski definition) is 12. The van der Waals surface area contributed by atoms with Crippen molar-refractivity contribution in [1.29, 1.82) is 0 Å². The molecule has 190 valence electrons. The molecule has 2 aliphatic rings. The van der Waals surface area contributed by atoms with Crippen molar-refractivity contribution in [3.8, 4) is 0 Å². The summed E-state index contributed by atoms with van der Waals surface area (Å²) in [6.07, 6.45) is -12.3. The second kappa shape index (κ2) is 11.9. The summed E-state index contributed by atoms with van der Waals surface area (Å²) in [6, 6.07) is 6.58. The van der Waals surface area contributed by atoms with E-state index < -0.39 is 73.8 Å². The quantitative estimate of drug-likeness (QED) is 0.174. The second-order valence-electron chi connectivity index (χ2n) is 7.84. The van der Waals surface area contributed by atoms with Gasteiger partial charge in [0.1, 0.15) is 54.3 Å². The summed E-state index contributed by atoms with van der Waals surface area (Å²) in [5.74, 6) is -0.370. The number of aliphatic hydroxyl groups is 7. The van der Waals surface area contributed by atoms with E-state index in [0.717, 1.165) is 17.8 Å². The lowest BCUT2D eigenvalue weighted by Gasteiger charge is -2.46. The van der Waals surface area contributed by atoms with Crippen molar-refractivity contribution in [2.45, 2.75) is 65.5 Å². The molecule has 0 aromatic heterocycles. The Bertz CT molecular complexity index is 823. The minimum absolute atomic E-state index is 0.370. The van der Waals surface area contributed by atoms with Crippen LogP contribution in [0.3, 0.4) is 0 Å². The van der Waals surface area contributed by atoms with Crippen molar-refractivity contribution in [3.63, 3.8) is 0 Å². The normalized spacial score (nSPS) is 38.3. The summed E-state index contributed by atoms with van der Waals surface area (Å²) >= 11 is 1.06. The predicted molar refractivity (Wildman–Crippen MR) is 118 cm³/mol. The zero-order chi connectivity index (χ0) is 25.0. The molecular formula is C21H29NO11S. The highest BCUT2D eigenvalue weighted by Gasteiger charge is 2.50. The Kier molecular flexibility index (Phi) is 9.42. The van der Waals surface area contributed by atoms with Crippen LogP contribution in [0.25, 0.3) is 0 Å². The van der Waals surface area contributed by atoms with E-state index in [4.69, 9.17) is 14.2 Å². The Balaban J connectivity index is 1.67. The van der Waals surface area contributed by atoms with Gasteiger partial charge >= 0.3 is 0 Å². The van der Waals surface area contributed by atoms with Gasteiger partial charge in [-0.3, -0.25) is 4.79 Å². The van der Waals surface area contributed by atoms with E-state index in [1.165, 1.54) is 0 Å². The van der Waals surface area contributed by atoms with Gasteiger partial charge in [-0.05, 0) is 30.3 Å². The first kappa shape index (κ1) is 27.0. The average molecular weight is 504 g/mol. The van der Waals surface area contributed by atoms with Gasteiger partial charge in [0.25, 0.3) is 0 Å². The number of hydrogen-bond donors (Lipinski definition) is 8. The van der Waals surface area contributed by atoms with E-state index in [2.05, 4.69) is 11.9 Å². The fourth-order valence-corrected chi connectivity index (χ4v) is 4.66. The van der Waals surface area contributed by atoms with Gasteiger partial charge in [0.05, 0.1) is 13.2 Å². The molecule has 2 saturated heterocycles. The van der Waals surface area contributed by atoms with Crippen LogP contribution < -0.4 is 5.32 Å². The predicted octanol–water partition coefficient (Wildman–Crippen LogP) is -2.47. The number of aliphatic hydroxyl groups excluding tert-OH is 7. The Morgan fingerprint density at radius 3 is 2.18 bits per heavy atom. The van der Waals surface area contributed by atoms with Crippen molar-refractivity contribution in [3.05, 3.63) is 36.9 Å². The molecule has 1 amide bonds. The molecule has 0 bridgehead atoms. The SMILES string of the molecule is C=CC(=O)Nc1ccc(S[C@@H]2O[C@H](CO)[C@@H](O[C@@H]3O[C@H](CO)[C@@H](O)[C@H](O)[C@H]3O)[C@H](O)[C@H]2O)cc1. The summed E-state index contributed by atoms with van der Waals surface area (Å²) in [4.78, 5) is 12.0. The Labute approximate surface area is 199 Å². The van der Waals surface area contributed by atoms with Gasteiger partial charge in [0, 0.05) is 10.6 Å². The van der Waals surface area contributed by atoms with Crippen LogP contribution in [-0.2, 0) is 19.0 Å². The maximum atomic E-state index is 11.4. The Morgan fingerprint density at radius 2 is 1.59 bits per heavy atom. The minimum atomic E-state index is -1.73. The maximum absolute atomic E-state index is 11.4. The zero-order valence-corrected chi connectivity index (χ0v) is 18.8. The molecule has 34 heavy (non-hydrogen) atoms. The van der Waals surface area contributed by atoms with Gasteiger partial charge in [0.15, 0.2) is 6.29 Å². The van der Waals surface area contributed by atoms with Crippen LogP contribution >= 0.6 is 11.8 Å². The molecule has 1 aromatic rings. The van der Waals surface area contributed by atoms with Crippen LogP contribution in [0.2, 0.25) is 0 Å². The third kappa shape index (κ3) is 5.95. The molecule has 13 heteroatoms. The van der Waals surface area contributed by atoms with Crippen molar-refractivity contribution in [2.24, 2.45) is 0 Å². The summed E-state index contributed by atoms with van der Waals surface area (Å²) in [6.45, 7) is 2.09. The van der Waals surface area contributed by atoms with Crippen molar-refractivity contribution in [1.82, 2.24) is 0 Å². The Hall–Kier alpha value is -1.62. The van der Waals surface area contributed by atoms with Crippen LogP contribution in [0.15, 0.2) is 41.8 Å². The average Bonchev–Trinajstić information content (AvgIpc) is 2.84. The van der Waals surface area contributed by atoms with Gasteiger partial charge in [-0.25, -0.2) is 0 Å². The smallest absolute Gasteiger partial charge is 0.247 e. The summed E-state index contributed by atoms with van der Waals surface area (Å²) in [7, 11) is 0. The fourth-order valence-electron chi connectivity index (χ4n) is 3.60. The van der Waals surface area contributed by atoms with Crippen molar-refractivity contribution < 1.29 is 54.8 Å². The molecule has 0 aliphatic carbocycles. The van der Waals surface area contributed by atoms with Gasteiger partial charge < -0.3 is 55.3 Å². The third-order valence-electron chi connectivity index (χ3n) is 5.52. The maximum Gasteiger partial charge on any atom is 0.247 e. The molecule has 12 nitrogen and oxygen atoms in total.